The molecule has 2 aliphatic heterocycles. The third-order valence-electron chi connectivity index (χ3n) is 23.9. The van der Waals surface area contributed by atoms with Crippen molar-refractivity contribution in [3.63, 3.8) is 0 Å². The quantitative estimate of drug-likeness (QED) is 0.149. The van der Waals surface area contributed by atoms with Crippen molar-refractivity contribution < 1.29 is 9.05 Å². The van der Waals surface area contributed by atoms with Crippen LogP contribution in [-0.4, -0.2) is 27.9 Å². The first-order valence-corrected chi connectivity index (χ1v) is 42.7. The average Bonchev–Trinajstić information content (AvgIpc) is 0.807. The third-order valence-corrected chi connectivity index (χ3v) is 31.9. The van der Waals surface area contributed by atoms with E-state index in [0.717, 1.165) is 63.6 Å². The SMILES string of the molecule is COP12(OC)c3ccc(-n4c5cc(C(C)(C)C)ccc5c5ccc(C(C)(C)C)cc54)cc3Sc3cc(-n4c5ccc(-c6cc(C(C)(C)C)cc(C(C)(C)C)c6)cc5c5cc(-c6cc(C(C)(C)C)cc(C(C)(C)C)c6)ccc54)cc(c31)Sc1cc(-n3c4cc(C(C)(C)C)ccc4c4ccc(C(C)(C)C)cc43)ccc12. The molecule has 0 amide bonds. The molecule has 0 bridgehead atoms. The standard InChI is InChI=1S/C100H110N3O2PS2/c1-93(2,3)63-29-35-74-75-36-30-64(94(4,5)6)52-83(75)101(82(74)51-63)71-33-41-86-88(55-71)107-90-57-73(58-91-92(90)106(86,104-25,105-26)87-42-34-72(56-89(87)108-91)102-84-53-65(95(7,8)9)31-37-76(84)77-38-32-66(54-85(77)102)96(10,11)12)103-80-39-27-59(61-43-67(97(13,14)15)49-68(44-61)98(16,17)18)47-78(80)79-48-60(28-40-81(79)103)62-45-69(99(19,20)21)50-70(46-62)100(22,23)24/h27-58H,1-26H3. The summed E-state index contributed by atoms with van der Waals surface area (Å²) in [7, 11) is -0.582. The molecule has 16 rings (SSSR count). The molecule has 5 heterocycles. The number of aromatic nitrogens is 3. The van der Waals surface area contributed by atoms with Gasteiger partial charge in [0.2, 0.25) is 0 Å². The van der Waals surface area contributed by atoms with Crippen molar-refractivity contribution in [1.29, 1.82) is 0 Å². The van der Waals surface area contributed by atoms with Gasteiger partial charge in [0.05, 0.1) is 0 Å². The summed E-state index contributed by atoms with van der Waals surface area (Å²) in [5.74, 6) is 0. The maximum absolute atomic E-state index is 7.79. The van der Waals surface area contributed by atoms with Gasteiger partial charge in [0.15, 0.2) is 0 Å². The fourth-order valence-corrected chi connectivity index (χ4v) is 26.2. The summed E-state index contributed by atoms with van der Waals surface area (Å²) < 4.78 is 23.2. The molecule has 8 heteroatoms. The molecule has 5 nitrogen and oxygen atoms in total. The van der Waals surface area contributed by atoms with Gasteiger partial charge in [-0.05, 0) is 21.7 Å². The van der Waals surface area contributed by atoms with E-state index < -0.39 is 7.06 Å². The molecule has 0 N–H and O–H groups in total. The summed E-state index contributed by atoms with van der Waals surface area (Å²) in [6, 6.07) is 77.2. The molecule has 11 aromatic carbocycles. The Bertz CT molecular complexity index is 5560. The number of hydrogen-bond donors (Lipinski definition) is 0. The van der Waals surface area contributed by atoms with E-state index in [1.54, 1.807) is 0 Å². The van der Waals surface area contributed by atoms with Gasteiger partial charge >= 0.3 is 539 Å². The van der Waals surface area contributed by atoms with Gasteiger partial charge in [-0.1, -0.05) is 95.2 Å². The van der Waals surface area contributed by atoms with Gasteiger partial charge in [-0.25, -0.2) is 0 Å². The summed E-state index contributed by atoms with van der Waals surface area (Å²) in [5.41, 5.74) is 25.3. The molecule has 0 unspecified atom stereocenters. The Balaban J connectivity index is 0.996. The van der Waals surface area contributed by atoms with Crippen LogP contribution in [-0.2, 0) is 52.4 Å². The van der Waals surface area contributed by atoms with Crippen molar-refractivity contribution >= 4 is 112 Å². The number of hydrogen-bond acceptors (Lipinski definition) is 4. The summed E-state index contributed by atoms with van der Waals surface area (Å²) in [5, 5.41) is 10.7. The van der Waals surface area contributed by atoms with Crippen LogP contribution in [0.4, 0.5) is 0 Å². The van der Waals surface area contributed by atoms with E-state index in [9.17, 15) is 0 Å². The van der Waals surface area contributed by atoms with Gasteiger partial charge in [-0.3, -0.25) is 0 Å². The Morgan fingerprint density at radius 2 is 0.509 bits per heavy atom. The van der Waals surface area contributed by atoms with Crippen LogP contribution < -0.4 is 15.9 Å². The molecule has 0 fully saturated rings. The Hall–Kier alpha value is -8.13. The number of benzene rings is 11. The van der Waals surface area contributed by atoms with Crippen LogP contribution in [0.1, 0.15) is 211 Å². The van der Waals surface area contributed by atoms with Crippen molar-refractivity contribution in [2.45, 2.75) is 229 Å². The molecule has 0 atom stereocenters. The van der Waals surface area contributed by atoms with E-state index in [0.29, 0.717) is 0 Å². The molecule has 108 heavy (non-hydrogen) atoms. The van der Waals surface area contributed by atoms with Crippen molar-refractivity contribution in [2.24, 2.45) is 0 Å². The predicted molar refractivity (Wildman–Crippen MR) is 471 cm³/mol. The van der Waals surface area contributed by atoms with E-state index in [4.69, 9.17) is 9.05 Å². The summed E-state index contributed by atoms with van der Waals surface area (Å²) in [6.45, 7) is 56.0. The third kappa shape index (κ3) is 11.7. The molecule has 0 radical (unpaired) electrons. The first kappa shape index (κ1) is 74.0. The Morgan fingerprint density at radius 3 is 0.787 bits per heavy atom. The van der Waals surface area contributed by atoms with E-state index in [-0.39, 0.29) is 43.3 Å². The first-order valence-electron chi connectivity index (χ1n) is 39.0. The van der Waals surface area contributed by atoms with Gasteiger partial charge in [0.1, 0.15) is 0 Å². The van der Waals surface area contributed by atoms with Crippen molar-refractivity contribution in [1.82, 2.24) is 13.7 Å². The normalized spacial score (nSPS) is 15.3. The molecule has 0 saturated heterocycles. The molecule has 0 aliphatic carbocycles. The first-order chi connectivity index (χ1) is 50.4. The minimum atomic E-state index is -4.44. The van der Waals surface area contributed by atoms with E-state index >= 15 is 0 Å². The molecule has 14 aromatic rings. The molecule has 554 valence electrons. The number of nitrogens with zero attached hydrogens (tertiary/aromatic N) is 3. The maximum atomic E-state index is 7.79. The fourth-order valence-electron chi connectivity index (χ4n) is 17.1. The Morgan fingerprint density at radius 1 is 0.231 bits per heavy atom. The van der Waals surface area contributed by atoms with E-state index in [1.165, 1.54) is 121 Å². The molecule has 2 aliphatic rings. The van der Waals surface area contributed by atoms with Crippen molar-refractivity contribution in [3.8, 4) is 39.3 Å². The van der Waals surface area contributed by atoms with Crippen LogP contribution in [0, 0.1) is 0 Å². The van der Waals surface area contributed by atoms with Gasteiger partial charge in [0.25, 0.3) is 0 Å². The van der Waals surface area contributed by atoms with Crippen molar-refractivity contribution in [2.75, 3.05) is 14.2 Å². The minimum absolute atomic E-state index is 0.0510. The van der Waals surface area contributed by atoms with Gasteiger partial charge in [0, 0.05) is 0 Å². The van der Waals surface area contributed by atoms with Crippen LogP contribution >= 0.6 is 30.6 Å². The number of fused-ring (bicyclic) bond motifs is 13. The monoisotopic (exact) mass is 1480 g/mol. The van der Waals surface area contributed by atoms with Gasteiger partial charge in [-0.15, -0.1) is 0 Å². The summed E-state index contributed by atoms with van der Waals surface area (Å²) in [4.78, 5) is 4.48. The molecular weight excluding hydrogens is 1370 g/mol. The number of rotatable bonds is 7. The van der Waals surface area contributed by atoms with Gasteiger partial charge in [-0.2, -0.15) is 0 Å². The Labute approximate surface area is 651 Å². The topological polar surface area (TPSA) is 33.2 Å². The van der Waals surface area contributed by atoms with Crippen molar-refractivity contribution in [3.05, 3.63) is 239 Å². The van der Waals surface area contributed by atoms with E-state index in [1.807, 2.05) is 37.7 Å². The zero-order chi connectivity index (χ0) is 77.3. The second-order valence-corrected chi connectivity index (χ2v) is 45.8. The van der Waals surface area contributed by atoms with Crippen LogP contribution in [0.5, 0.6) is 0 Å². The zero-order valence-corrected chi connectivity index (χ0v) is 71.4. The zero-order valence-electron chi connectivity index (χ0n) is 68.9. The van der Waals surface area contributed by atoms with Crippen LogP contribution in [0.25, 0.3) is 105 Å². The van der Waals surface area contributed by atoms with Crippen LogP contribution in [0.2, 0.25) is 0 Å². The molecule has 3 aromatic heterocycles. The Kier molecular flexibility index (Phi) is 16.7. The second-order valence-electron chi connectivity index (χ2n) is 39.6. The second kappa shape index (κ2) is 24.4. The van der Waals surface area contributed by atoms with Crippen LogP contribution in [0.15, 0.2) is 214 Å². The average molecular weight is 1480 g/mol. The van der Waals surface area contributed by atoms with Crippen LogP contribution in [0.3, 0.4) is 0 Å². The summed E-state index contributed by atoms with van der Waals surface area (Å²) in [6.07, 6.45) is 0. The summed E-state index contributed by atoms with van der Waals surface area (Å²) >= 11 is 3.73. The van der Waals surface area contributed by atoms with Gasteiger partial charge < -0.3 is 0 Å². The van der Waals surface area contributed by atoms with E-state index in [2.05, 4.69) is 374 Å². The fraction of sp³-hybridized carbons (Fsp3) is 0.340. The molecule has 0 saturated carbocycles. The molecular formula is C100H110N3O2PS2. The molecule has 0 spiro atoms. The predicted octanol–water partition coefficient (Wildman–Crippen LogP) is 27.6.